The number of alkyl halides is 3. The Balaban J connectivity index is 0.00000286. The maximum atomic E-state index is 13.3. The summed E-state index contributed by atoms with van der Waals surface area (Å²) >= 11 is 0. The van der Waals surface area contributed by atoms with Crippen molar-refractivity contribution in [3.8, 4) is 11.1 Å². The van der Waals surface area contributed by atoms with Gasteiger partial charge in [-0.2, -0.15) is 18.2 Å². The van der Waals surface area contributed by atoms with Crippen LogP contribution in [-0.2, 0) is 31.1 Å². The molecule has 15 heteroatoms. The highest BCUT2D eigenvalue weighted by atomic mass is 32.2. The van der Waals surface area contributed by atoms with Crippen LogP contribution in [0.2, 0.25) is 0 Å². The molecule has 1 heterocycles. The lowest BCUT2D eigenvalue weighted by atomic mass is 9.93. The van der Waals surface area contributed by atoms with E-state index in [1.807, 2.05) is 20.8 Å². The summed E-state index contributed by atoms with van der Waals surface area (Å²) in [4.78, 5) is 34.3. The van der Waals surface area contributed by atoms with E-state index < -0.39 is 33.0 Å². The molecule has 4 aromatic rings. The average molecular weight is 726 g/mol. The van der Waals surface area contributed by atoms with E-state index >= 15 is 0 Å². The lowest BCUT2D eigenvalue weighted by Crippen LogP contribution is -2.28. The third-order valence-electron chi connectivity index (χ3n) is 7.98. The Morgan fingerprint density at radius 2 is 1.69 bits per heavy atom. The van der Waals surface area contributed by atoms with Crippen LogP contribution < -0.4 is 21.1 Å². The molecule has 0 aliphatic heterocycles. The second kappa shape index (κ2) is 16.4. The van der Waals surface area contributed by atoms with Gasteiger partial charge in [-0.25, -0.2) is 14.3 Å². The van der Waals surface area contributed by atoms with Crippen LogP contribution in [0.4, 0.5) is 36.3 Å². The van der Waals surface area contributed by atoms with Gasteiger partial charge in [0.2, 0.25) is 11.9 Å². The second-order valence-electron chi connectivity index (χ2n) is 11.8. The number of nitrogens with two attached hydrogens (primary N) is 1. The van der Waals surface area contributed by atoms with Crippen LogP contribution in [-0.4, -0.2) is 43.7 Å². The van der Waals surface area contributed by atoms with Gasteiger partial charge in [-0.05, 0) is 79.8 Å². The van der Waals surface area contributed by atoms with E-state index in [9.17, 15) is 32.1 Å². The minimum Gasteiger partial charge on any atom is -0.394 e. The number of aliphatic hydroxyl groups excluding tert-OH is 1. The minimum atomic E-state index is -4.50. The number of anilines is 4. The van der Waals surface area contributed by atoms with Crippen LogP contribution in [0.3, 0.4) is 0 Å². The predicted octanol–water partition coefficient (Wildman–Crippen LogP) is 7.42. The summed E-state index contributed by atoms with van der Waals surface area (Å²) in [6, 6.07) is 17.6. The standard InChI is InChI=1S/C34H36F3N7O4S.C2H6/c1-3-5-29(46)44-49(38,48)27-14-12-26(13-15-27)42-32-39-19-28(30(43-32)40-21(2)20-45)22-8-10-25(11-9-22)41-31(47)33(16-17-33)23-6-4-7-24(18-23)34(35,36)37;1-2/h4,6-15,18-19,21,45H,3,5,16-17,20H2,1-2H3,(H,41,47)(H2,38,44,46,48)(H2,39,40,42,43);1-2H3/t21-,49?;/m1./s1. The Morgan fingerprint density at radius 3 is 2.27 bits per heavy atom. The minimum absolute atomic E-state index is 0.153. The highest BCUT2D eigenvalue weighted by molar-refractivity contribution is 7.91. The van der Waals surface area contributed by atoms with Gasteiger partial charge in [-0.1, -0.05) is 51.1 Å². The van der Waals surface area contributed by atoms with E-state index in [1.165, 1.54) is 18.2 Å². The fourth-order valence-corrected chi connectivity index (χ4v) is 6.14. The van der Waals surface area contributed by atoms with Gasteiger partial charge < -0.3 is 21.1 Å². The Morgan fingerprint density at radius 1 is 1.04 bits per heavy atom. The van der Waals surface area contributed by atoms with Crippen molar-refractivity contribution in [3.63, 3.8) is 0 Å². The van der Waals surface area contributed by atoms with Crippen LogP contribution in [0.1, 0.15) is 64.5 Å². The van der Waals surface area contributed by atoms with E-state index in [0.717, 1.165) is 12.1 Å². The van der Waals surface area contributed by atoms with Gasteiger partial charge in [0, 0.05) is 35.6 Å². The van der Waals surface area contributed by atoms with Crippen molar-refractivity contribution in [1.82, 2.24) is 9.97 Å². The number of halogens is 3. The number of amides is 2. The number of benzene rings is 3. The predicted molar refractivity (Wildman–Crippen MR) is 193 cm³/mol. The summed E-state index contributed by atoms with van der Waals surface area (Å²) in [6.45, 7) is 7.41. The fraction of sp³-hybridized carbons (Fsp3) is 0.333. The Kier molecular flexibility index (Phi) is 12.6. The first-order chi connectivity index (χ1) is 24.2. The molecular weight excluding hydrogens is 684 g/mol. The number of carbonyl (C=O) groups excluding carboxylic acids is 2. The Hall–Kier alpha value is -4.86. The van der Waals surface area contributed by atoms with Crippen molar-refractivity contribution in [2.45, 2.75) is 75.9 Å². The molecule has 1 saturated carbocycles. The van der Waals surface area contributed by atoms with Crippen molar-refractivity contribution in [3.05, 3.63) is 90.1 Å². The first-order valence-electron chi connectivity index (χ1n) is 16.5. The number of nitrogens with zero attached hydrogens (tertiary/aromatic N) is 3. The van der Waals surface area contributed by atoms with Gasteiger partial charge >= 0.3 is 6.18 Å². The number of hydrogen-bond donors (Lipinski definition) is 5. The molecule has 0 radical (unpaired) electrons. The number of rotatable bonds is 12. The number of aliphatic hydroxyl groups is 1. The van der Waals surface area contributed by atoms with Gasteiger partial charge in [0.1, 0.15) is 15.7 Å². The Bertz CT molecular complexity index is 1960. The molecule has 1 aliphatic carbocycles. The summed E-state index contributed by atoms with van der Waals surface area (Å²) in [5, 5.41) is 24.6. The molecular formula is C36H42F3N7O4S. The van der Waals surface area contributed by atoms with Gasteiger partial charge in [0.15, 0.2) is 0 Å². The Labute approximate surface area is 295 Å². The summed E-state index contributed by atoms with van der Waals surface area (Å²) in [7, 11) is -3.39. The molecule has 2 amide bonds. The molecule has 0 saturated heterocycles. The molecule has 0 bridgehead atoms. The zero-order valence-electron chi connectivity index (χ0n) is 28.8. The molecule has 3 aromatic carbocycles. The second-order valence-corrected chi connectivity index (χ2v) is 13.6. The summed E-state index contributed by atoms with van der Waals surface area (Å²) < 4.78 is 56.3. The summed E-state index contributed by atoms with van der Waals surface area (Å²) in [5.74, 6) is -0.276. The molecule has 1 aromatic heterocycles. The number of aromatic nitrogens is 2. The van der Waals surface area contributed by atoms with Gasteiger partial charge in [0.25, 0.3) is 5.91 Å². The van der Waals surface area contributed by atoms with Gasteiger partial charge in [-0.3, -0.25) is 9.59 Å². The number of nitrogens with one attached hydrogen (secondary N) is 3. The maximum absolute atomic E-state index is 13.3. The molecule has 272 valence electrons. The third kappa shape index (κ3) is 9.68. The topological polar surface area (TPSA) is 172 Å². The van der Waals surface area contributed by atoms with Gasteiger partial charge in [0.05, 0.1) is 22.5 Å². The van der Waals surface area contributed by atoms with Crippen LogP contribution in [0, 0.1) is 0 Å². The molecule has 6 N–H and O–H groups in total. The zero-order chi connectivity index (χ0) is 37.4. The first kappa shape index (κ1) is 38.9. The summed E-state index contributed by atoms with van der Waals surface area (Å²) in [6.07, 6.45) is -1.31. The van der Waals surface area contributed by atoms with E-state index in [1.54, 1.807) is 55.6 Å². The SMILES string of the molecule is CC.CCCC(=O)N=S(N)(=O)c1ccc(Nc2ncc(-c3ccc(NC(=O)C4(c5cccc(C(F)(F)F)c5)CC4)cc3)c(N[C@H](C)CO)n2)cc1. The van der Waals surface area contributed by atoms with Gasteiger partial charge in [-0.15, -0.1) is 4.36 Å². The van der Waals surface area contributed by atoms with Crippen LogP contribution in [0.25, 0.3) is 11.1 Å². The average Bonchev–Trinajstić information content (AvgIpc) is 3.92. The summed E-state index contributed by atoms with van der Waals surface area (Å²) in [5.41, 5.74) is 0.841. The normalized spacial score (nSPS) is 14.9. The molecule has 2 atom stereocenters. The highest BCUT2D eigenvalue weighted by Crippen LogP contribution is 2.50. The van der Waals surface area contributed by atoms with E-state index in [-0.39, 0.29) is 35.8 Å². The maximum Gasteiger partial charge on any atom is 0.416 e. The van der Waals surface area contributed by atoms with Crippen molar-refractivity contribution in [2.75, 3.05) is 22.6 Å². The van der Waals surface area contributed by atoms with Crippen molar-refractivity contribution >= 4 is 44.9 Å². The lowest BCUT2D eigenvalue weighted by Gasteiger charge is -2.18. The smallest absolute Gasteiger partial charge is 0.394 e. The molecule has 0 spiro atoms. The number of hydrogen-bond acceptors (Lipinski definition) is 8. The number of carbonyl (C=O) groups is 2. The van der Waals surface area contributed by atoms with Crippen LogP contribution in [0.5, 0.6) is 0 Å². The van der Waals surface area contributed by atoms with Crippen LogP contribution >= 0.6 is 0 Å². The molecule has 51 heavy (non-hydrogen) atoms. The van der Waals surface area contributed by atoms with Crippen molar-refractivity contribution < 1.29 is 32.1 Å². The first-order valence-corrected chi connectivity index (χ1v) is 18.1. The van der Waals surface area contributed by atoms with E-state index in [2.05, 4.69) is 30.3 Å². The van der Waals surface area contributed by atoms with Crippen LogP contribution in [0.15, 0.2) is 88.3 Å². The van der Waals surface area contributed by atoms with E-state index in [0.29, 0.717) is 53.1 Å². The molecule has 5 rings (SSSR count). The largest absolute Gasteiger partial charge is 0.416 e. The molecule has 1 fully saturated rings. The quantitative estimate of drug-likeness (QED) is 0.100. The highest BCUT2D eigenvalue weighted by Gasteiger charge is 2.51. The molecule has 11 nitrogen and oxygen atoms in total. The van der Waals surface area contributed by atoms with Crippen molar-refractivity contribution in [2.24, 2.45) is 9.50 Å². The lowest BCUT2D eigenvalue weighted by molar-refractivity contribution is -0.137. The third-order valence-corrected chi connectivity index (χ3v) is 9.40. The van der Waals surface area contributed by atoms with E-state index in [4.69, 9.17) is 5.14 Å². The molecule has 1 aliphatic rings. The monoisotopic (exact) mass is 725 g/mol. The zero-order valence-corrected chi connectivity index (χ0v) is 29.6. The molecule has 1 unspecified atom stereocenters. The van der Waals surface area contributed by atoms with Crippen molar-refractivity contribution in [1.29, 1.82) is 0 Å². The fourth-order valence-electron chi connectivity index (χ4n) is 5.12.